The molecule has 45 heavy (non-hydrogen) atoms. The molecule has 0 saturated carbocycles. The summed E-state index contributed by atoms with van der Waals surface area (Å²) in [5, 5.41) is 45.3. The molecule has 0 unspecified atom stereocenters. The van der Waals surface area contributed by atoms with Crippen molar-refractivity contribution in [1.82, 2.24) is 0 Å². The van der Waals surface area contributed by atoms with Gasteiger partial charge in [0.2, 0.25) is 0 Å². The molecule has 0 aliphatic heterocycles. The molecule has 17 heteroatoms. The van der Waals surface area contributed by atoms with Gasteiger partial charge in [-0.05, 0) is 0 Å². The maximum absolute atomic E-state index is 11.3. The number of ether oxygens (including phenoxy) is 4. The monoisotopic (exact) mass is 728 g/mol. The molecule has 0 aliphatic carbocycles. The first-order chi connectivity index (χ1) is 21.5. The Kier molecular flexibility index (Phi) is 10.6. The molecule has 0 fully saturated rings. The second-order valence-electron chi connectivity index (χ2n) is 9.67. The molecule has 4 rings (SSSR count). The van der Waals surface area contributed by atoms with Crippen molar-refractivity contribution < 1.29 is 38.6 Å². The van der Waals surface area contributed by atoms with E-state index >= 15 is 0 Å². The Balaban J connectivity index is 1.69. The quantitative estimate of drug-likeness (QED) is 0.0791. The van der Waals surface area contributed by atoms with Gasteiger partial charge in [-0.3, -0.25) is 0 Å². The van der Waals surface area contributed by atoms with Crippen LogP contribution in [0.2, 0.25) is 0 Å². The van der Waals surface area contributed by atoms with E-state index in [9.17, 15) is 40.5 Å². The minimum absolute atomic E-state index is 0.0609. The van der Waals surface area contributed by atoms with Crippen LogP contribution >= 0.6 is 0 Å². The maximum atomic E-state index is 11.3. The van der Waals surface area contributed by atoms with Crippen LogP contribution < -0.4 is 18.9 Å². The number of nitro groups is 4. The van der Waals surface area contributed by atoms with Gasteiger partial charge in [-0.2, -0.15) is 0 Å². The van der Waals surface area contributed by atoms with Crippen LogP contribution in [0.4, 0.5) is 22.7 Å². The predicted octanol–water partition coefficient (Wildman–Crippen LogP) is 5.54. The van der Waals surface area contributed by atoms with Crippen molar-refractivity contribution >= 4 is 41.1 Å². The molecular formula is C28H24N4O12Sn. The average molecular weight is 727 g/mol. The SMILES string of the molecule is O=[N+]([O-])c1cccc(O[CH2][Sn]([CH2]Oc2cccc([N+](=O)[O-])c2)([CH2]Oc2cccc([N+](=O)[O-])c2)[CH2]Oc2cccc([N+](=O)[O-])c2)c1. The van der Waals surface area contributed by atoms with Gasteiger partial charge in [0.05, 0.1) is 0 Å². The molecule has 0 atom stereocenters. The third-order valence-electron chi connectivity index (χ3n) is 6.29. The molecule has 0 heterocycles. The summed E-state index contributed by atoms with van der Waals surface area (Å²) in [6, 6.07) is 22.0. The fourth-order valence-electron chi connectivity index (χ4n) is 3.94. The Morgan fingerprint density at radius 2 is 0.644 bits per heavy atom. The fourth-order valence-corrected chi connectivity index (χ4v) is 10.8. The first-order valence-corrected chi connectivity index (χ1v) is 21.1. The summed E-state index contributed by atoms with van der Waals surface area (Å²) < 4.78 is 23.9. The molecule has 0 saturated heterocycles. The van der Waals surface area contributed by atoms with Crippen LogP contribution in [0, 0.1) is 40.5 Å². The van der Waals surface area contributed by atoms with Crippen LogP contribution in [-0.4, -0.2) is 56.6 Å². The van der Waals surface area contributed by atoms with Gasteiger partial charge in [-0.25, -0.2) is 0 Å². The van der Waals surface area contributed by atoms with E-state index in [2.05, 4.69) is 0 Å². The van der Waals surface area contributed by atoms with Gasteiger partial charge in [0.15, 0.2) is 0 Å². The summed E-state index contributed by atoms with van der Waals surface area (Å²) in [5.74, 6) is 0.690. The van der Waals surface area contributed by atoms with Crippen molar-refractivity contribution in [3.05, 3.63) is 138 Å². The van der Waals surface area contributed by atoms with Gasteiger partial charge < -0.3 is 0 Å². The third-order valence-corrected chi connectivity index (χ3v) is 14.9. The zero-order chi connectivity index (χ0) is 32.4. The minimum atomic E-state index is -4.28. The van der Waals surface area contributed by atoms with E-state index in [0.29, 0.717) is 0 Å². The molecular weight excluding hydrogens is 703 g/mol. The van der Waals surface area contributed by atoms with Crippen molar-refractivity contribution in [3.63, 3.8) is 0 Å². The van der Waals surface area contributed by atoms with Gasteiger partial charge in [0, 0.05) is 0 Å². The van der Waals surface area contributed by atoms with Gasteiger partial charge in [-0.1, -0.05) is 0 Å². The van der Waals surface area contributed by atoms with Gasteiger partial charge in [0.1, 0.15) is 0 Å². The Labute approximate surface area is 258 Å². The number of nitrogens with zero attached hydrogens (tertiary/aromatic N) is 4. The van der Waals surface area contributed by atoms with Crippen LogP contribution in [0.3, 0.4) is 0 Å². The van der Waals surface area contributed by atoms with Crippen LogP contribution in [0.1, 0.15) is 0 Å². The number of benzene rings is 4. The summed E-state index contributed by atoms with van der Waals surface area (Å²) in [4.78, 5) is 43.0. The second kappa shape index (κ2) is 14.8. The summed E-state index contributed by atoms with van der Waals surface area (Å²) in [7, 11) is 0. The zero-order valence-electron chi connectivity index (χ0n) is 23.3. The van der Waals surface area contributed by atoms with Crippen molar-refractivity contribution in [1.29, 1.82) is 0 Å². The molecule has 232 valence electrons. The second-order valence-corrected chi connectivity index (χ2v) is 21.5. The van der Waals surface area contributed by atoms with Crippen LogP contribution in [0.5, 0.6) is 23.0 Å². The van der Waals surface area contributed by atoms with Crippen molar-refractivity contribution in [2.24, 2.45) is 0 Å². The molecule has 0 radical (unpaired) electrons. The number of hydrogen-bond acceptors (Lipinski definition) is 12. The Morgan fingerprint density at radius 1 is 0.422 bits per heavy atom. The number of nitro benzene ring substituents is 4. The Bertz CT molecular complexity index is 1470. The van der Waals surface area contributed by atoms with Crippen molar-refractivity contribution in [3.8, 4) is 23.0 Å². The van der Waals surface area contributed by atoms with E-state index in [0.717, 1.165) is 0 Å². The van der Waals surface area contributed by atoms with Crippen LogP contribution in [0.15, 0.2) is 97.1 Å². The van der Waals surface area contributed by atoms with E-state index in [1.54, 1.807) is 0 Å². The van der Waals surface area contributed by atoms with Gasteiger partial charge >= 0.3 is 259 Å². The fraction of sp³-hybridized carbons (Fsp3) is 0.143. The van der Waals surface area contributed by atoms with E-state index in [1.807, 2.05) is 0 Å². The van der Waals surface area contributed by atoms with E-state index < -0.39 is 38.1 Å². The first kappa shape index (κ1) is 32.4. The summed E-state index contributed by atoms with van der Waals surface area (Å²) in [6.45, 7) is 0. The number of non-ortho nitro benzene ring substituents is 4. The average Bonchev–Trinajstić information content (AvgIpc) is 3.04. The summed E-state index contributed by atoms with van der Waals surface area (Å²) >= 11 is -4.28. The molecule has 0 bridgehead atoms. The zero-order valence-corrected chi connectivity index (χ0v) is 26.1. The third kappa shape index (κ3) is 9.23. The van der Waals surface area contributed by atoms with Crippen molar-refractivity contribution in [2.75, 3.05) is 18.5 Å². The predicted molar refractivity (Wildman–Crippen MR) is 160 cm³/mol. The molecule has 0 spiro atoms. The van der Waals surface area contributed by atoms with E-state index in [4.69, 9.17) is 18.9 Å². The molecule has 0 amide bonds. The number of rotatable bonds is 16. The normalized spacial score (nSPS) is 10.8. The topological polar surface area (TPSA) is 209 Å². The number of hydrogen-bond donors (Lipinski definition) is 0. The van der Waals surface area contributed by atoms with Crippen LogP contribution in [0.25, 0.3) is 0 Å². The van der Waals surface area contributed by atoms with Crippen molar-refractivity contribution in [2.45, 2.75) is 0 Å². The molecule has 0 aliphatic rings. The molecule has 0 aromatic heterocycles. The van der Waals surface area contributed by atoms with Crippen LogP contribution in [-0.2, 0) is 0 Å². The Morgan fingerprint density at radius 3 is 0.844 bits per heavy atom. The van der Waals surface area contributed by atoms with Gasteiger partial charge in [-0.15, -0.1) is 0 Å². The molecule has 0 N–H and O–H groups in total. The molecule has 4 aromatic rings. The van der Waals surface area contributed by atoms with E-state index in [-0.39, 0.29) is 64.2 Å². The van der Waals surface area contributed by atoms with Gasteiger partial charge in [0.25, 0.3) is 0 Å². The molecule has 16 nitrogen and oxygen atoms in total. The summed E-state index contributed by atoms with van der Waals surface area (Å²) in [5.41, 5.74) is -0.827. The standard InChI is InChI=1S/4C7H6NO3.Sn/c4*1-11-7-4-2-3-6(5-7)8(9)10;/h4*2-5H,1H2;. The first-order valence-electron chi connectivity index (χ1n) is 13.0. The Hall–Kier alpha value is -5.52. The molecule has 4 aromatic carbocycles. The van der Waals surface area contributed by atoms with E-state index in [1.165, 1.54) is 97.1 Å². The summed E-state index contributed by atoms with van der Waals surface area (Å²) in [6.07, 6.45) is 0.